The minimum atomic E-state index is 0.0903. The van der Waals surface area contributed by atoms with Gasteiger partial charge in [-0.2, -0.15) is 0 Å². The maximum Gasteiger partial charge on any atom is 0.231 e. The number of aldehydes is 1. The van der Waals surface area contributed by atoms with Gasteiger partial charge in [0, 0.05) is 17.0 Å². The maximum absolute atomic E-state index is 10.8. The van der Waals surface area contributed by atoms with Crippen molar-refractivity contribution in [3.8, 4) is 11.5 Å². The fraction of sp³-hybridized carbons (Fsp3) is 0.300. The fourth-order valence-corrected chi connectivity index (χ4v) is 1.89. The summed E-state index contributed by atoms with van der Waals surface area (Å²) in [5.74, 6) is 5.90. The summed E-state index contributed by atoms with van der Waals surface area (Å²) in [6.45, 7) is 0.406. The summed E-state index contributed by atoms with van der Waals surface area (Å²) in [6.07, 6.45) is 1.18. The molecule has 0 aromatic heterocycles. The lowest BCUT2D eigenvalue weighted by molar-refractivity contribution is 0.111. The van der Waals surface area contributed by atoms with E-state index in [1.807, 2.05) is 0 Å². The average Bonchev–Trinajstić information content (AvgIpc) is 2.76. The van der Waals surface area contributed by atoms with Crippen LogP contribution in [0.1, 0.15) is 15.9 Å². The molecule has 86 valence electrons. The van der Waals surface area contributed by atoms with Crippen LogP contribution in [0.3, 0.4) is 0 Å². The van der Waals surface area contributed by atoms with Crippen LogP contribution in [-0.2, 0) is 11.3 Å². The minimum absolute atomic E-state index is 0.0903. The van der Waals surface area contributed by atoms with E-state index in [0.717, 1.165) is 5.56 Å². The standard InChI is InChI=1S/C10H10ClNO4/c11-8-3-6(4-13)9-10(15-5-14-9)7(8)1-2-16-12/h3-4H,1-2,5,12H2. The van der Waals surface area contributed by atoms with Crippen molar-refractivity contribution in [1.29, 1.82) is 0 Å². The number of hydrogen-bond acceptors (Lipinski definition) is 5. The Kier molecular flexibility index (Phi) is 3.28. The second kappa shape index (κ2) is 4.69. The molecule has 1 heterocycles. The Morgan fingerprint density at radius 3 is 2.94 bits per heavy atom. The first-order valence-electron chi connectivity index (χ1n) is 4.65. The molecule has 16 heavy (non-hydrogen) atoms. The van der Waals surface area contributed by atoms with Crippen LogP contribution >= 0.6 is 11.6 Å². The Hall–Kier alpha value is -1.30. The van der Waals surface area contributed by atoms with Gasteiger partial charge in [0.1, 0.15) is 0 Å². The Balaban J connectivity index is 2.45. The Morgan fingerprint density at radius 1 is 1.50 bits per heavy atom. The summed E-state index contributed by atoms with van der Waals surface area (Å²) in [5.41, 5.74) is 1.13. The molecule has 0 aliphatic carbocycles. The van der Waals surface area contributed by atoms with E-state index >= 15 is 0 Å². The smallest absolute Gasteiger partial charge is 0.231 e. The van der Waals surface area contributed by atoms with Gasteiger partial charge in [-0.3, -0.25) is 4.79 Å². The molecule has 0 spiro atoms. The second-order valence-corrected chi connectivity index (χ2v) is 3.64. The van der Waals surface area contributed by atoms with Crippen LogP contribution in [0.15, 0.2) is 6.07 Å². The third-order valence-electron chi connectivity index (χ3n) is 2.32. The third-order valence-corrected chi connectivity index (χ3v) is 2.65. The van der Waals surface area contributed by atoms with Crippen LogP contribution in [0.5, 0.6) is 11.5 Å². The number of rotatable bonds is 4. The van der Waals surface area contributed by atoms with E-state index in [1.54, 1.807) is 6.07 Å². The van der Waals surface area contributed by atoms with Crippen molar-refractivity contribution in [2.24, 2.45) is 5.90 Å². The number of ether oxygens (including phenoxy) is 2. The van der Waals surface area contributed by atoms with E-state index in [0.29, 0.717) is 41.4 Å². The van der Waals surface area contributed by atoms with Crippen molar-refractivity contribution in [1.82, 2.24) is 0 Å². The lowest BCUT2D eigenvalue weighted by atomic mass is 10.1. The summed E-state index contributed by atoms with van der Waals surface area (Å²) < 4.78 is 10.5. The highest BCUT2D eigenvalue weighted by molar-refractivity contribution is 6.32. The quantitative estimate of drug-likeness (QED) is 0.638. The molecular formula is C10H10ClNO4. The van der Waals surface area contributed by atoms with E-state index < -0.39 is 0 Å². The zero-order chi connectivity index (χ0) is 11.5. The molecule has 0 fully saturated rings. The molecule has 6 heteroatoms. The van der Waals surface area contributed by atoms with E-state index in [4.69, 9.17) is 27.0 Å². The molecule has 1 aliphatic rings. The van der Waals surface area contributed by atoms with Gasteiger partial charge in [0.25, 0.3) is 0 Å². The Bertz CT molecular complexity index is 422. The highest BCUT2D eigenvalue weighted by atomic mass is 35.5. The van der Waals surface area contributed by atoms with Crippen molar-refractivity contribution in [2.75, 3.05) is 13.4 Å². The summed E-state index contributed by atoms with van der Waals surface area (Å²) >= 11 is 6.04. The number of nitrogens with two attached hydrogens (primary N) is 1. The molecule has 1 aromatic carbocycles. The minimum Gasteiger partial charge on any atom is -0.453 e. The normalized spacial score (nSPS) is 12.9. The number of hydrogen-bond donors (Lipinski definition) is 1. The van der Waals surface area contributed by atoms with Crippen LogP contribution < -0.4 is 15.4 Å². The Morgan fingerprint density at radius 2 is 2.25 bits per heavy atom. The van der Waals surface area contributed by atoms with E-state index in [-0.39, 0.29) is 6.79 Å². The summed E-state index contributed by atoms with van der Waals surface area (Å²) in [4.78, 5) is 15.3. The number of benzene rings is 1. The lowest BCUT2D eigenvalue weighted by Crippen LogP contribution is -2.05. The van der Waals surface area contributed by atoms with Crippen LogP contribution in [-0.4, -0.2) is 19.7 Å². The molecule has 2 rings (SSSR count). The van der Waals surface area contributed by atoms with Gasteiger partial charge in [0.05, 0.1) is 12.2 Å². The zero-order valence-corrected chi connectivity index (χ0v) is 9.12. The average molecular weight is 244 g/mol. The number of carbonyl (C=O) groups excluding carboxylic acids is 1. The van der Waals surface area contributed by atoms with Crippen molar-refractivity contribution in [3.63, 3.8) is 0 Å². The maximum atomic E-state index is 10.8. The molecule has 0 radical (unpaired) electrons. The molecule has 0 amide bonds. The molecule has 0 atom stereocenters. The lowest BCUT2D eigenvalue weighted by Gasteiger charge is -2.08. The number of halogens is 1. The van der Waals surface area contributed by atoms with Crippen molar-refractivity contribution >= 4 is 17.9 Å². The molecule has 5 nitrogen and oxygen atoms in total. The molecule has 0 saturated heterocycles. The summed E-state index contributed by atoms with van der Waals surface area (Å²) in [5, 5.41) is 0.448. The first-order valence-corrected chi connectivity index (χ1v) is 5.03. The summed E-state index contributed by atoms with van der Waals surface area (Å²) in [6, 6.07) is 1.55. The zero-order valence-electron chi connectivity index (χ0n) is 8.36. The van der Waals surface area contributed by atoms with E-state index in [2.05, 4.69) is 4.84 Å². The number of carbonyl (C=O) groups is 1. The molecule has 1 aromatic rings. The highest BCUT2D eigenvalue weighted by Gasteiger charge is 2.24. The molecule has 1 aliphatic heterocycles. The van der Waals surface area contributed by atoms with Gasteiger partial charge in [0.2, 0.25) is 6.79 Å². The molecule has 0 unspecified atom stereocenters. The molecule has 2 N–H and O–H groups in total. The van der Waals surface area contributed by atoms with Crippen LogP contribution in [0, 0.1) is 0 Å². The third kappa shape index (κ3) is 1.84. The largest absolute Gasteiger partial charge is 0.453 e. The van der Waals surface area contributed by atoms with Crippen LogP contribution in [0.25, 0.3) is 0 Å². The predicted molar refractivity (Wildman–Crippen MR) is 56.8 cm³/mol. The number of fused-ring (bicyclic) bond motifs is 1. The Labute approximate surface area is 97.0 Å². The molecular weight excluding hydrogens is 234 g/mol. The monoisotopic (exact) mass is 243 g/mol. The first kappa shape index (κ1) is 11.2. The predicted octanol–water partition coefficient (Wildman–Crippen LogP) is 1.31. The fourth-order valence-electron chi connectivity index (χ4n) is 1.60. The van der Waals surface area contributed by atoms with Gasteiger partial charge in [-0.1, -0.05) is 11.6 Å². The van der Waals surface area contributed by atoms with Gasteiger partial charge in [-0.15, -0.1) is 0 Å². The van der Waals surface area contributed by atoms with E-state index in [9.17, 15) is 4.79 Å². The van der Waals surface area contributed by atoms with Crippen LogP contribution in [0.2, 0.25) is 5.02 Å². The summed E-state index contributed by atoms with van der Waals surface area (Å²) in [7, 11) is 0. The van der Waals surface area contributed by atoms with Crippen molar-refractivity contribution in [3.05, 3.63) is 22.2 Å². The van der Waals surface area contributed by atoms with Gasteiger partial charge < -0.3 is 14.3 Å². The second-order valence-electron chi connectivity index (χ2n) is 3.23. The van der Waals surface area contributed by atoms with E-state index in [1.165, 1.54) is 0 Å². The van der Waals surface area contributed by atoms with Crippen molar-refractivity contribution in [2.45, 2.75) is 6.42 Å². The van der Waals surface area contributed by atoms with Crippen molar-refractivity contribution < 1.29 is 19.1 Å². The van der Waals surface area contributed by atoms with Gasteiger partial charge in [-0.05, 0) is 6.07 Å². The first-order chi connectivity index (χ1) is 7.77. The SMILES string of the molecule is NOCCc1c(Cl)cc(C=O)c2c1OCO2. The highest BCUT2D eigenvalue weighted by Crippen LogP contribution is 2.42. The van der Waals surface area contributed by atoms with Gasteiger partial charge >= 0.3 is 0 Å². The van der Waals surface area contributed by atoms with Gasteiger partial charge in [0.15, 0.2) is 17.8 Å². The molecule has 0 bridgehead atoms. The van der Waals surface area contributed by atoms with Gasteiger partial charge in [-0.25, -0.2) is 5.90 Å². The van der Waals surface area contributed by atoms with Crippen LogP contribution in [0.4, 0.5) is 0 Å². The molecule has 0 saturated carbocycles. The topological polar surface area (TPSA) is 70.8 Å².